The van der Waals surface area contributed by atoms with Crippen LogP contribution in [0.4, 0.5) is 10.9 Å². The first-order chi connectivity index (χ1) is 10.2. The normalized spacial score (nSPS) is 14.8. The highest BCUT2D eigenvalue weighted by Gasteiger charge is 2.23. The number of piperidine rings is 1. The Labute approximate surface area is 130 Å². The zero-order chi connectivity index (χ0) is 15.2. The van der Waals surface area contributed by atoms with E-state index in [4.69, 9.17) is 12.2 Å². The minimum absolute atomic E-state index is 0.104. The molecule has 1 amide bonds. The number of terminal acetylenes is 1. The van der Waals surface area contributed by atoms with E-state index < -0.39 is 0 Å². The quantitative estimate of drug-likeness (QED) is 0.847. The molecular weight excluding hydrogens is 284 g/mol. The Morgan fingerprint density at radius 1 is 1.48 bits per heavy atom. The Morgan fingerprint density at radius 3 is 2.81 bits per heavy atom. The number of anilines is 2. The summed E-state index contributed by atoms with van der Waals surface area (Å²) in [5.74, 6) is 2.75. The minimum Gasteiger partial charge on any atom is -0.382 e. The number of amides is 1. The molecule has 0 unspecified atom stereocenters. The maximum atomic E-state index is 12.5. The van der Waals surface area contributed by atoms with Gasteiger partial charge in [0.05, 0.1) is 6.54 Å². The number of thiazole rings is 1. The first kappa shape index (κ1) is 15.6. The molecule has 0 atom stereocenters. The van der Waals surface area contributed by atoms with E-state index in [1.165, 1.54) is 30.6 Å². The fourth-order valence-electron chi connectivity index (χ4n) is 2.47. The molecule has 1 aliphatic heterocycles. The molecule has 5 nitrogen and oxygen atoms in total. The van der Waals surface area contributed by atoms with Crippen molar-refractivity contribution in [2.75, 3.05) is 36.8 Å². The Morgan fingerprint density at radius 2 is 2.19 bits per heavy atom. The van der Waals surface area contributed by atoms with E-state index in [1.54, 1.807) is 4.90 Å². The molecule has 2 rings (SSSR count). The molecule has 0 aliphatic carbocycles. The Kier molecular flexibility index (Phi) is 5.45. The predicted octanol–water partition coefficient (Wildman–Crippen LogP) is 2.20. The van der Waals surface area contributed by atoms with Gasteiger partial charge in [-0.15, -0.1) is 6.42 Å². The summed E-state index contributed by atoms with van der Waals surface area (Å²) in [7, 11) is 0. The van der Waals surface area contributed by atoms with Crippen molar-refractivity contribution >= 4 is 28.2 Å². The largest absolute Gasteiger partial charge is 0.382 e. The van der Waals surface area contributed by atoms with Crippen LogP contribution in [0.1, 0.15) is 42.3 Å². The highest BCUT2D eigenvalue weighted by atomic mass is 32.1. The standard InChI is InChI=1S/C15H22N4OS/c1-3-8-18(9-4-2)14(20)12-13(16)17-15(21-12)19-10-6-5-7-11-19/h1H,4-11,16H2,2H3. The van der Waals surface area contributed by atoms with Crippen LogP contribution in [0.3, 0.4) is 0 Å². The number of nitrogens with two attached hydrogens (primary N) is 1. The van der Waals surface area contributed by atoms with E-state index >= 15 is 0 Å². The second kappa shape index (κ2) is 7.32. The van der Waals surface area contributed by atoms with Crippen molar-refractivity contribution < 1.29 is 4.79 Å². The van der Waals surface area contributed by atoms with E-state index in [0.29, 0.717) is 23.8 Å². The fourth-order valence-corrected chi connectivity index (χ4v) is 3.47. The number of aromatic nitrogens is 1. The van der Waals surface area contributed by atoms with Crippen LogP contribution in [-0.4, -0.2) is 42.0 Å². The topological polar surface area (TPSA) is 62.5 Å². The van der Waals surface area contributed by atoms with Gasteiger partial charge < -0.3 is 15.5 Å². The summed E-state index contributed by atoms with van der Waals surface area (Å²) in [5.41, 5.74) is 5.95. The van der Waals surface area contributed by atoms with Crippen LogP contribution in [0.2, 0.25) is 0 Å². The third kappa shape index (κ3) is 3.67. The van der Waals surface area contributed by atoms with Crippen molar-refractivity contribution in [3.05, 3.63) is 4.88 Å². The van der Waals surface area contributed by atoms with Crippen molar-refractivity contribution in [1.82, 2.24) is 9.88 Å². The third-order valence-electron chi connectivity index (χ3n) is 3.53. The second-order valence-corrected chi connectivity index (χ2v) is 6.17. The van der Waals surface area contributed by atoms with Crippen LogP contribution in [0, 0.1) is 12.3 Å². The molecule has 0 spiro atoms. The van der Waals surface area contributed by atoms with Gasteiger partial charge in [-0.2, -0.15) is 0 Å². The Hall–Kier alpha value is -1.74. The minimum atomic E-state index is -0.104. The van der Waals surface area contributed by atoms with E-state index in [2.05, 4.69) is 15.8 Å². The molecule has 21 heavy (non-hydrogen) atoms. The van der Waals surface area contributed by atoms with Crippen LogP contribution in [0.5, 0.6) is 0 Å². The van der Waals surface area contributed by atoms with Crippen molar-refractivity contribution in [1.29, 1.82) is 0 Å². The van der Waals surface area contributed by atoms with Crippen LogP contribution in [0.25, 0.3) is 0 Å². The molecule has 1 aromatic rings. The monoisotopic (exact) mass is 306 g/mol. The number of hydrogen-bond acceptors (Lipinski definition) is 5. The summed E-state index contributed by atoms with van der Waals surface area (Å²) in [5, 5.41) is 0.854. The molecule has 1 aromatic heterocycles. The maximum Gasteiger partial charge on any atom is 0.268 e. The van der Waals surface area contributed by atoms with E-state index in [-0.39, 0.29) is 5.91 Å². The van der Waals surface area contributed by atoms with Crippen molar-refractivity contribution in [2.24, 2.45) is 0 Å². The lowest BCUT2D eigenvalue weighted by Gasteiger charge is -2.25. The molecule has 2 heterocycles. The van der Waals surface area contributed by atoms with Gasteiger partial charge in [-0.05, 0) is 25.7 Å². The zero-order valence-electron chi connectivity index (χ0n) is 12.5. The third-order valence-corrected chi connectivity index (χ3v) is 4.65. The lowest BCUT2D eigenvalue weighted by Crippen LogP contribution is -2.32. The molecule has 0 saturated carbocycles. The first-order valence-electron chi connectivity index (χ1n) is 7.41. The van der Waals surface area contributed by atoms with Gasteiger partial charge >= 0.3 is 0 Å². The van der Waals surface area contributed by atoms with Gasteiger partial charge in [0, 0.05) is 19.6 Å². The van der Waals surface area contributed by atoms with Gasteiger partial charge in [0.1, 0.15) is 10.7 Å². The van der Waals surface area contributed by atoms with Gasteiger partial charge in [-0.1, -0.05) is 24.2 Å². The molecular formula is C15H22N4OS. The number of carbonyl (C=O) groups excluding carboxylic acids is 1. The summed E-state index contributed by atoms with van der Waals surface area (Å²) < 4.78 is 0. The summed E-state index contributed by atoms with van der Waals surface area (Å²) in [6, 6.07) is 0. The maximum absolute atomic E-state index is 12.5. The van der Waals surface area contributed by atoms with E-state index in [9.17, 15) is 4.79 Å². The van der Waals surface area contributed by atoms with Crippen molar-refractivity contribution in [3.63, 3.8) is 0 Å². The van der Waals surface area contributed by atoms with Crippen LogP contribution < -0.4 is 10.6 Å². The van der Waals surface area contributed by atoms with Crippen LogP contribution in [-0.2, 0) is 0 Å². The molecule has 114 valence electrons. The Bertz CT molecular complexity index is 528. The molecule has 1 fully saturated rings. The van der Waals surface area contributed by atoms with Crippen molar-refractivity contribution in [3.8, 4) is 12.3 Å². The molecule has 0 bridgehead atoms. The van der Waals surface area contributed by atoms with Crippen LogP contribution >= 0.6 is 11.3 Å². The average Bonchev–Trinajstić information content (AvgIpc) is 2.89. The Balaban J connectivity index is 2.17. The summed E-state index contributed by atoms with van der Waals surface area (Å²) in [6.45, 7) is 4.95. The summed E-state index contributed by atoms with van der Waals surface area (Å²) in [6.07, 6.45) is 9.80. The summed E-state index contributed by atoms with van der Waals surface area (Å²) in [4.78, 5) is 21.3. The van der Waals surface area contributed by atoms with Gasteiger partial charge in [0.15, 0.2) is 5.13 Å². The van der Waals surface area contributed by atoms with E-state index in [0.717, 1.165) is 24.6 Å². The van der Waals surface area contributed by atoms with Gasteiger partial charge in [-0.3, -0.25) is 4.79 Å². The van der Waals surface area contributed by atoms with Crippen molar-refractivity contribution in [2.45, 2.75) is 32.6 Å². The number of hydrogen-bond donors (Lipinski definition) is 1. The molecule has 0 radical (unpaired) electrons. The van der Waals surface area contributed by atoms with Gasteiger partial charge in [0.2, 0.25) is 0 Å². The number of rotatable bonds is 5. The predicted molar refractivity (Wildman–Crippen MR) is 87.6 cm³/mol. The smallest absolute Gasteiger partial charge is 0.268 e. The number of carbonyl (C=O) groups is 1. The SMILES string of the molecule is C#CCN(CCC)C(=O)c1sc(N2CCCCC2)nc1N. The lowest BCUT2D eigenvalue weighted by molar-refractivity contribution is 0.0782. The highest BCUT2D eigenvalue weighted by molar-refractivity contribution is 7.18. The fraction of sp³-hybridized carbons (Fsp3) is 0.600. The molecule has 1 saturated heterocycles. The number of nitrogens with zero attached hydrogens (tertiary/aromatic N) is 3. The molecule has 0 aromatic carbocycles. The molecule has 6 heteroatoms. The number of nitrogen functional groups attached to an aromatic ring is 1. The van der Waals surface area contributed by atoms with Gasteiger partial charge in [-0.25, -0.2) is 4.98 Å². The summed E-state index contributed by atoms with van der Waals surface area (Å²) >= 11 is 1.38. The second-order valence-electron chi connectivity index (χ2n) is 5.19. The average molecular weight is 306 g/mol. The lowest BCUT2D eigenvalue weighted by atomic mass is 10.1. The molecule has 1 aliphatic rings. The van der Waals surface area contributed by atoms with Crippen LogP contribution in [0.15, 0.2) is 0 Å². The van der Waals surface area contributed by atoms with Gasteiger partial charge in [0.25, 0.3) is 5.91 Å². The first-order valence-corrected chi connectivity index (χ1v) is 8.23. The zero-order valence-corrected chi connectivity index (χ0v) is 13.3. The van der Waals surface area contributed by atoms with E-state index in [1.807, 2.05) is 6.92 Å². The molecule has 2 N–H and O–H groups in total. The highest BCUT2D eigenvalue weighted by Crippen LogP contribution is 2.30.